The van der Waals surface area contributed by atoms with Crippen LogP contribution in [0.2, 0.25) is 0 Å². The molecule has 0 saturated heterocycles. The summed E-state index contributed by atoms with van der Waals surface area (Å²) in [5, 5.41) is 11.0. The first-order valence-corrected chi connectivity index (χ1v) is 8.11. The van der Waals surface area contributed by atoms with Crippen molar-refractivity contribution < 1.29 is 14.6 Å². The van der Waals surface area contributed by atoms with Gasteiger partial charge in [-0.2, -0.15) is 0 Å². The summed E-state index contributed by atoms with van der Waals surface area (Å²) in [5.74, 6) is 0.208. The molecule has 1 atom stereocenters. The number of nitrogens with two attached hydrogens (primary N) is 1. The predicted octanol–water partition coefficient (Wildman–Crippen LogP) is 1.11. The molecule has 0 bridgehead atoms. The quantitative estimate of drug-likeness (QED) is 0.844. The maximum Gasteiger partial charge on any atom is 0.259 e. The van der Waals surface area contributed by atoms with Gasteiger partial charge in [0.05, 0.1) is 6.54 Å². The summed E-state index contributed by atoms with van der Waals surface area (Å²) >= 11 is 0. The Morgan fingerprint density at radius 2 is 2.20 bits per heavy atom. The van der Waals surface area contributed by atoms with Crippen LogP contribution in [0.15, 0.2) is 30.5 Å². The number of hydrogen-bond acceptors (Lipinski definition) is 6. The van der Waals surface area contributed by atoms with Crippen molar-refractivity contribution in [3.8, 4) is 0 Å². The Morgan fingerprint density at radius 1 is 1.44 bits per heavy atom. The summed E-state index contributed by atoms with van der Waals surface area (Å²) < 4.78 is 4.96. The molecule has 0 radical (unpaired) electrons. The van der Waals surface area contributed by atoms with Crippen molar-refractivity contribution in [2.75, 3.05) is 26.4 Å². The minimum atomic E-state index is -1.05. The lowest BCUT2D eigenvalue weighted by Gasteiger charge is -2.30. The SMILES string of the molecule is COCc1ncc(C(=O)N(C)CC2(O)CCc3ccccc32)c(N)n1. The lowest BCUT2D eigenvalue weighted by atomic mass is 9.95. The summed E-state index contributed by atoms with van der Waals surface area (Å²) in [6.07, 6.45) is 2.79. The Kier molecular flexibility index (Phi) is 4.69. The van der Waals surface area contributed by atoms with Crippen LogP contribution in [0.1, 0.15) is 33.7 Å². The van der Waals surface area contributed by atoms with Crippen LogP contribution in [-0.2, 0) is 23.4 Å². The topological polar surface area (TPSA) is 102 Å². The van der Waals surface area contributed by atoms with E-state index in [9.17, 15) is 9.90 Å². The lowest BCUT2D eigenvalue weighted by Crippen LogP contribution is -2.41. The largest absolute Gasteiger partial charge is 0.383 e. The maximum atomic E-state index is 12.7. The van der Waals surface area contributed by atoms with Crippen LogP contribution in [0.5, 0.6) is 0 Å². The van der Waals surface area contributed by atoms with Gasteiger partial charge in [-0.15, -0.1) is 0 Å². The third kappa shape index (κ3) is 3.33. The van der Waals surface area contributed by atoms with E-state index in [1.807, 2.05) is 24.3 Å². The van der Waals surface area contributed by atoms with E-state index < -0.39 is 5.60 Å². The molecule has 7 heteroatoms. The molecule has 0 spiro atoms. The van der Waals surface area contributed by atoms with Gasteiger partial charge < -0.3 is 20.5 Å². The highest BCUT2D eigenvalue weighted by molar-refractivity contribution is 5.97. The normalized spacial score (nSPS) is 18.8. The fraction of sp³-hybridized carbons (Fsp3) is 0.389. The number of methoxy groups -OCH3 is 1. The molecule has 3 rings (SSSR count). The fourth-order valence-corrected chi connectivity index (χ4v) is 3.30. The smallest absolute Gasteiger partial charge is 0.259 e. The number of carbonyl (C=O) groups excluding carboxylic acids is 1. The lowest BCUT2D eigenvalue weighted by molar-refractivity contribution is 0.00806. The molecule has 132 valence electrons. The number of amides is 1. The number of aryl methyl sites for hydroxylation is 1. The Hall–Kier alpha value is -2.51. The van der Waals surface area contributed by atoms with Gasteiger partial charge in [-0.3, -0.25) is 4.79 Å². The van der Waals surface area contributed by atoms with Crippen LogP contribution in [0.3, 0.4) is 0 Å². The van der Waals surface area contributed by atoms with Crippen molar-refractivity contribution in [2.24, 2.45) is 0 Å². The zero-order valence-corrected chi connectivity index (χ0v) is 14.4. The number of nitrogen functional groups attached to an aromatic ring is 1. The number of fused-ring (bicyclic) bond motifs is 1. The number of aromatic nitrogens is 2. The number of rotatable bonds is 5. The first-order chi connectivity index (χ1) is 11.9. The molecule has 0 aliphatic heterocycles. The molecule has 1 amide bonds. The third-order valence-corrected chi connectivity index (χ3v) is 4.54. The number of anilines is 1. The molecule has 1 heterocycles. The summed E-state index contributed by atoms with van der Waals surface area (Å²) in [6, 6.07) is 7.78. The summed E-state index contributed by atoms with van der Waals surface area (Å²) in [7, 11) is 3.18. The number of likely N-dealkylation sites (N-methyl/N-ethyl adjacent to an activating group) is 1. The second-order valence-corrected chi connectivity index (χ2v) is 6.37. The molecule has 3 N–H and O–H groups in total. The number of carbonyl (C=O) groups is 1. The number of aliphatic hydroxyl groups is 1. The van der Waals surface area contributed by atoms with E-state index in [1.165, 1.54) is 18.2 Å². The van der Waals surface area contributed by atoms with Crippen LogP contribution in [-0.4, -0.2) is 46.6 Å². The molecule has 0 saturated carbocycles. The second-order valence-electron chi connectivity index (χ2n) is 6.37. The molecule has 1 aromatic carbocycles. The van der Waals surface area contributed by atoms with Gasteiger partial charge >= 0.3 is 0 Å². The van der Waals surface area contributed by atoms with Gasteiger partial charge in [-0.1, -0.05) is 24.3 Å². The van der Waals surface area contributed by atoms with Crippen molar-refractivity contribution >= 4 is 11.7 Å². The average Bonchev–Trinajstić information content (AvgIpc) is 2.92. The van der Waals surface area contributed by atoms with E-state index >= 15 is 0 Å². The van der Waals surface area contributed by atoms with Crippen molar-refractivity contribution in [2.45, 2.75) is 25.0 Å². The van der Waals surface area contributed by atoms with Crippen LogP contribution in [0.25, 0.3) is 0 Å². The van der Waals surface area contributed by atoms with Gasteiger partial charge in [0, 0.05) is 20.4 Å². The van der Waals surface area contributed by atoms with Gasteiger partial charge in [-0.25, -0.2) is 9.97 Å². The zero-order chi connectivity index (χ0) is 18.0. The monoisotopic (exact) mass is 342 g/mol. The molecule has 2 aromatic rings. The van der Waals surface area contributed by atoms with E-state index in [0.717, 1.165) is 17.5 Å². The summed E-state index contributed by atoms with van der Waals surface area (Å²) in [6.45, 7) is 0.410. The van der Waals surface area contributed by atoms with Crippen LogP contribution in [0, 0.1) is 0 Å². The average molecular weight is 342 g/mol. The van der Waals surface area contributed by atoms with Crippen LogP contribution >= 0.6 is 0 Å². The van der Waals surface area contributed by atoms with Crippen molar-refractivity contribution in [3.05, 3.63) is 53.0 Å². The van der Waals surface area contributed by atoms with Crippen molar-refractivity contribution in [1.82, 2.24) is 14.9 Å². The van der Waals surface area contributed by atoms with Gasteiger partial charge in [0.15, 0.2) is 5.82 Å². The molecule has 7 nitrogen and oxygen atoms in total. The fourth-order valence-electron chi connectivity index (χ4n) is 3.30. The summed E-state index contributed by atoms with van der Waals surface area (Å²) in [5.41, 5.74) is 7.07. The van der Waals surface area contributed by atoms with Gasteiger partial charge in [0.1, 0.15) is 23.6 Å². The predicted molar refractivity (Wildman–Crippen MR) is 92.8 cm³/mol. The maximum absolute atomic E-state index is 12.7. The van der Waals surface area contributed by atoms with Crippen LogP contribution in [0.4, 0.5) is 5.82 Å². The molecule has 1 aliphatic rings. The van der Waals surface area contributed by atoms with Crippen molar-refractivity contribution in [1.29, 1.82) is 0 Å². The highest BCUT2D eigenvalue weighted by Crippen LogP contribution is 2.37. The Balaban J connectivity index is 1.78. The Labute approximate surface area is 146 Å². The number of benzene rings is 1. The van der Waals surface area contributed by atoms with Gasteiger partial charge in [-0.05, 0) is 24.0 Å². The first-order valence-electron chi connectivity index (χ1n) is 8.11. The minimum absolute atomic E-state index is 0.109. The van der Waals surface area contributed by atoms with Crippen molar-refractivity contribution in [3.63, 3.8) is 0 Å². The molecule has 1 unspecified atom stereocenters. The third-order valence-electron chi connectivity index (χ3n) is 4.54. The van der Waals surface area contributed by atoms with E-state index in [2.05, 4.69) is 9.97 Å². The van der Waals surface area contributed by atoms with E-state index in [-0.39, 0.29) is 30.4 Å². The van der Waals surface area contributed by atoms with E-state index in [1.54, 1.807) is 7.05 Å². The molecule has 1 aliphatic carbocycles. The highest BCUT2D eigenvalue weighted by Gasteiger charge is 2.38. The summed E-state index contributed by atoms with van der Waals surface area (Å²) in [4.78, 5) is 22.3. The van der Waals surface area contributed by atoms with E-state index in [4.69, 9.17) is 10.5 Å². The van der Waals surface area contributed by atoms with E-state index in [0.29, 0.717) is 12.2 Å². The number of ether oxygens (including phenoxy) is 1. The number of hydrogen-bond donors (Lipinski definition) is 2. The molecule has 0 fully saturated rings. The van der Waals surface area contributed by atoms with Crippen LogP contribution < -0.4 is 5.73 Å². The minimum Gasteiger partial charge on any atom is -0.383 e. The highest BCUT2D eigenvalue weighted by atomic mass is 16.5. The molecular weight excluding hydrogens is 320 g/mol. The molecule has 1 aromatic heterocycles. The Bertz CT molecular complexity index is 796. The van der Waals surface area contributed by atoms with Gasteiger partial charge in [0.2, 0.25) is 0 Å². The second kappa shape index (κ2) is 6.78. The first kappa shape index (κ1) is 17.3. The van der Waals surface area contributed by atoms with Gasteiger partial charge in [0.25, 0.3) is 5.91 Å². The Morgan fingerprint density at radius 3 is 2.92 bits per heavy atom. The molecule has 25 heavy (non-hydrogen) atoms. The standard InChI is InChI=1S/C18H22N4O3/c1-22(11-18(24)8-7-12-5-3-4-6-14(12)18)17(23)13-9-20-15(10-25-2)21-16(13)19/h3-6,9,24H,7-8,10-11H2,1-2H3,(H2,19,20,21). The molecular formula is C18H22N4O3. The zero-order valence-electron chi connectivity index (χ0n) is 14.4. The number of nitrogens with zero attached hydrogens (tertiary/aromatic N) is 3.